The lowest BCUT2D eigenvalue weighted by molar-refractivity contribution is 0.0528. The Kier molecular flexibility index (Phi) is 6.10. The van der Waals surface area contributed by atoms with E-state index < -0.39 is 11.7 Å². The van der Waals surface area contributed by atoms with Crippen LogP contribution in [0.15, 0.2) is 0 Å². The van der Waals surface area contributed by atoms with E-state index in [1.54, 1.807) is 0 Å². The summed E-state index contributed by atoms with van der Waals surface area (Å²) in [6.45, 7) is 8.33. The van der Waals surface area contributed by atoms with E-state index in [1.807, 2.05) is 20.8 Å². The van der Waals surface area contributed by atoms with E-state index >= 15 is 0 Å². The topological polar surface area (TPSA) is 82.7 Å². The molecular weight excluding hydrogens is 296 g/mol. The van der Waals surface area contributed by atoms with Crippen LogP contribution < -0.4 is 16.0 Å². The number of carbonyl (C=O) groups is 2. The lowest BCUT2D eigenvalue weighted by atomic mass is 10.1. The third-order valence-corrected chi connectivity index (χ3v) is 4.01. The molecule has 0 aromatic heterocycles. The molecule has 7 heteroatoms. The summed E-state index contributed by atoms with van der Waals surface area (Å²) in [5.74, 6) is 0. The van der Waals surface area contributed by atoms with Gasteiger partial charge in [-0.2, -0.15) is 0 Å². The minimum atomic E-state index is -0.510. The van der Waals surface area contributed by atoms with Gasteiger partial charge < -0.3 is 25.6 Å². The molecule has 2 rings (SSSR count). The van der Waals surface area contributed by atoms with Gasteiger partial charge in [0.2, 0.25) is 0 Å². The molecule has 1 saturated carbocycles. The highest BCUT2D eigenvalue weighted by atomic mass is 16.6. The second-order valence-electron chi connectivity index (χ2n) is 7.37. The van der Waals surface area contributed by atoms with Gasteiger partial charge in [-0.15, -0.1) is 0 Å². The van der Waals surface area contributed by atoms with E-state index in [9.17, 15) is 9.59 Å². The lowest BCUT2D eigenvalue weighted by Crippen LogP contribution is -2.49. The SMILES string of the molecule is CC(C)(C)OC(=O)NCCNC(=O)NC1CCN(C2CC2)CC1. The fourth-order valence-corrected chi connectivity index (χ4v) is 2.74. The highest BCUT2D eigenvalue weighted by Crippen LogP contribution is 2.29. The molecule has 0 radical (unpaired) electrons. The van der Waals surface area contributed by atoms with Crippen molar-refractivity contribution in [2.24, 2.45) is 0 Å². The molecule has 0 aromatic rings. The van der Waals surface area contributed by atoms with Crippen molar-refractivity contribution >= 4 is 12.1 Å². The molecule has 2 aliphatic rings. The highest BCUT2D eigenvalue weighted by molar-refractivity contribution is 5.74. The van der Waals surface area contributed by atoms with Crippen LogP contribution in [0, 0.1) is 0 Å². The van der Waals surface area contributed by atoms with Gasteiger partial charge in [0.25, 0.3) is 0 Å². The molecule has 2 fully saturated rings. The molecule has 0 spiro atoms. The zero-order valence-corrected chi connectivity index (χ0v) is 14.5. The summed E-state index contributed by atoms with van der Waals surface area (Å²) in [6, 6.07) is 0.897. The number of amides is 3. The van der Waals surface area contributed by atoms with Crippen molar-refractivity contribution < 1.29 is 14.3 Å². The Morgan fingerprint density at radius 3 is 2.22 bits per heavy atom. The summed E-state index contributed by atoms with van der Waals surface area (Å²) in [7, 11) is 0. The van der Waals surface area contributed by atoms with Crippen molar-refractivity contribution in [2.75, 3.05) is 26.2 Å². The maximum Gasteiger partial charge on any atom is 0.407 e. The average molecular weight is 326 g/mol. The standard InChI is InChI=1S/C16H30N4O3/c1-16(2,3)23-15(22)18-9-8-17-14(21)19-12-6-10-20(11-7-12)13-4-5-13/h12-13H,4-11H2,1-3H3,(H,18,22)(H2,17,19,21). The molecule has 3 N–H and O–H groups in total. The number of carbonyl (C=O) groups excluding carboxylic acids is 2. The number of alkyl carbamates (subject to hydrolysis) is 1. The number of urea groups is 1. The number of nitrogens with zero attached hydrogens (tertiary/aromatic N) is 1. The summed E-state index contributed by atoms with van der Waals surface area (Å²) in [6.07, 6.45) is 4.24. The summed E-state index contributed by atoms with van der Waals surface area (Å²) in [5, 5.41) is 8.38. The van der Waals surface area contributed by atoms with Crippen molar-refractivity contribution in [3.63, 3.8) is 0 Å². The van der Waals surface area contributed by atoms with Gasteiger partial charge in [-0.3, -0.25) is 0 Å². The predicted octanol–water partition coefficient (Wildman–Crippen LogP) is 1.44. The van der Waals surface area contributed by atoms with Crippen LogP contribution in [0.3, 0.4) is 0 Å². The number of ether oxygens (including phenoxy) is 1. The third-order valence-electron chi connectivity index (χ3n) is 4.01. The molecule has 1 saturated heterocycles. The maximum atomic E-state index is 11.8. The normalized spacial score (nSPS) is 20.0. The van der Waals surface area contributed by atoms with Gasteiger partial charge in [-0.1, -0.05) is 0 Å². The minimum Gasteiger partial charge on any atom is -0.444 e. The van der Waals surface area contributed by atoms with E-state index in [0.29, 0.717) is 13.1 Å². The molecule has 1 heterocycles. The quantitative estimate of drug-likeness (QED) is 0.668. The third kappa shape index (κ3) is 7.07. The van der Waals surface area contributed by atoms with Gasteiger partial charge in [0.05, 0.1) is 0 Å². The first kappa shape index (κ1) is 17.8. The van der Waals surface area contributed by atoms with Gasteiger partial charge in [-0.25, -0.2) is 9.59 Å². The molecule has 132 valence electrons. The highest BCUT2D eigenvalue weighted by Gasteiger charge is 2.32. The first-order valence-corrected chi connectivity index (χ1v) is 8.59. The lowest BCUT2D eigenvalue weighted by Gasteiger charge is -2.32. The number of likely N-dealkylation sites (tertiary alicyclic amines) is 1. The minimum absolute atomic E-state index is 0.166. The number of hydrogen-bond donors (Lipinski definition) is 3. The number of rotatable bonds is 5. The Hall–Kier alpha value is -1.50. The molecule has 3 amide bonds. The van der Waals surface area contributed by atoms with Crippen LogP contribution >= 0.6 is 0 Å². The van der Waals surface area contributed by atoms with Crippen molar-refractivity contribution in [1.29, 1.82) is 0 Å². The summed E-state index contributed by atoms with van der Waals surface area (Å²) < 4.78 is 5.12. The number of piperidine rings is 1. The van der Waals surface area contributed by atoms with Gasteiger partial charge in [0, 0.05) is 38.3 Å². The Morgan fingerprint density at radius 2 is 1.65 bits per heavy atom. The fourth-order valence-electron chi connectivity index (χ4n) is 2.74. The first-order chi connectivity index (χ1) is 10.8. The summed E-state index contributed by atoms with van der Waals surface area (Å²) in [5.41, 5.74) is -0.510. The monoisotopic (exact) mass is 326 g/mol. The molecule has 23 heavy (non-hydrogen) atoms. The van der Waals surface area contributed by atoms with Gasteiger partial charge in [-0.05, 0) is 46.5 Å². The molecule has 0 bridgehead atoms. The molecule has 0 atom stereocenters. The molecule has 7 nitrogen and oxygen atoms in total. The predicted molar refractivity (Wildman–Crippen MR) is 88.4 cm³/mol. The largest absolute Gasteiger partial charge is 0.444 e. The van der Waals surface area contributed by atoms with Gasteiger partial charge in [0.15, 0.2) is 0 Å². The van der Waals surface area contributed by atoms with Crippen molar-refractivity contribution in [1.82, 2.24) is 20.9 Å². The van der Waals surface area contributed by atoms with Crippen LogP contribution in [0.5, 0.6) is 0 Å². The molecule has 0 aromatic carbocycles. The van der Waals surface area contributed by atoms with E-state index in [0.717, 1.165) is 32.0 Å². The average Bonchev–Trinajstić information content (AvgIpc) is 3.27. The van der Waals surface area contributed by atoms with Crippen LogP contribution in [0.25, 0.3) is 0 Å². The van der Waals surface area contributed by atoms with Crippen LogP contribution in [-0.2, 0) is 4.74 Å². The Bertz CT molecular complexity index is 410. The molecule has 0 unspecified atom stereocenters. The van der Waals surface area contributed by atoms with Crippen molar-refractivity contribution in [2.45, 2.75) is 64.1 Å². The van der Waals surface area contributed by atoms with Crippen LogP contribution in [0.4, 0.5) is 9.59 Å². The van der Waals surface area contributed by atoms with E-state index in [2.05, 4.69) is 20.9 Å². The fraction of sp³-hybridized carbons (Fsp3) is 0.875. The first-order valence-electron chi connectivity index (χ1n) is 8.59. The van der Waals surface area contributed by atoms with Crippen molar-refractivity contribution in [3.8, 4) is 0 Å². The summed E-state index contributed by atoms with van der Waals surface area (Å²) >= 11 is 0. The zero-order valence-electron chi connectivity index (χ0n) is 14.5. The number of nitrogens with one attached hydrogen (secondary N) is 3. The van der Waals surface area contributed by atoms with Crippen LogP contribution in [0.1, 0.15) is 46.5 Å². The van der Waals surface area contributed by atoms with Gasteiger partial charge in [0.1, 0.15) is 5.60 Å². The van der Waals surface area contributed by atoms with Gasteiger partial charge >= 0.3 is 12.1 Å². The Labute approximate surface area is 138 Å². The van der Waals surface area contributed by atoms with E-state index in [4.69, 9.17) is 4.74 Å². The Balaban J connectivity index is 1.51. The van der Waals surface area contributed by atoms with Crippen LogP contribution in [0.2, 0.25) is 0 Å². The van der Waals surface area contributed by atoms with E-state index in [1.165, 1.54) is 12.8 Å². The Morgan fingerprint density at radius 1 is 1.04 bits per heavy atom. The second-order valence-corrected chi connectivity index (χ2v) is 7.37. The molecule has 1 aliphatic heterocycles. The van der Waals surface area contributed by atoms with Crippen molar-refractivity contribution in [3.05, 3.63) is 0 Å². The second kappa shape index (κ2) is 7.86. The summed E-state index contributed by atoms with van der Waals surface area (Å²) in [4.78, 5) is 25.8. The zero-order chi connectivity index (χ0) is 16.9. The smallest absolute Gasteiger partial charge is 0.407 e. The molecule has 1 aliphatic carbocycles. The van der Waals surface area contributed by atoms with Crippen LogP contribution in [-0.4, -0.2) is 60.9 Å². The van der Waals surface area contributed by atoms with E-state index in [-0.39, 0.29) is 12.1 Å². The number of hydrogen-bond acceptors (Lipinski definition) is 4. The maximum absolute atomic E-state index is 11.8. The molecular formula is C16H30N4O3.